The van der Waals surface area contributed by atoms with Crippen LogP contribution in [-0.2, 0) is 12.8 Å². The fraction of sp³-hybridized carbons (Fsp3) is 0.235. The van der Waals surface area contributed by atoms with E-state index in [4.69, 9.17) is 17.3 Å². The average Bonchev–Trinajstić information content (AvgIpc) is 2.47. The van der Waals surface area contributed by atoms with E-state index in [1.54, 1.807) is 6.07 Å². The summed E-state index contributed by atoms with van der Waals surface area (Å²) in [7, 11) is 0. The highest BCUT2D eigenvalue weighted by atomic mass is 35.5. The van der Waals surface area contributed by atoms with Gasteiger partial charge in [-0.05, 0) is 41.7 Å². The molecule has 0 saturated carbocycles. The van der Waals surface area contributed by atoms with Crippen LogP contribution >= 0.6 is 11.6 Å². The highest BCUT2D eigenvalue weighted by Crippen LogP contribution is 2.37. The van der Waals surface area contributed by atoms with E-state index in [2.05, 4.69) is 6.92 Å². The summed E-state index contributed by atoms with van der Waals surface area (Å²) in [5.74, 6) is -1.02. The van der Waals surface area contributed by atoms with Crippen molar-refractivity contribution in [1.82, 2.24) is 0 Å². The molecule has 0 aromatic heterocycles. The fourth-order valence-electron chi connectivity index (χ4n) is 2.62. The van der Waals surface area contributed by atoms with Gasteiger partial charge in [-0.3, -0.25) is 0 Å². The van der Waals surface area contributed by atoms with E-state index >= 15 is 0 Å². The number of anilines is 1. The summed E-state index contributed by atoms with van der Waals surface area (Å²) in [6, 6.07) is 8.95. The summed E-state index contributed by atoms with van der Waals surface area (Å²) in [6.07, 6.45) is 1.59. The largest absolute Gasteiger partial charge is 0.478 e. The Morgan fingerprint density at radius 1 is 1.19 bits per heavy atom. The number of carboxylic acids is 1. The first-order chi connectivity index (χ1) is 10.0. The molecule has 21 heavy (non-hydrogen) atoms. The third-order valence-corrected chi connectivity index (χ3v) is 4.04. The molecule has 0 aliphatic heterocycles. The van der Waals surface area contributed by atoms with Crippen LogP contribution in [0.4, 0.5) is 5.69 Å². The lowest BCUT2D eigenvalue weighted by Gasteiger charge is -2.17. The molecule has 2 aromatic carbocycles. The lowest BCUT2D eigenvalue weighted by atomic mass is 9.89. The summed E-state index contributed by atoms with van der Waals surface area (Å²) >= 11 is 6.31. The summed E-state index contributed by atoms with van der Waals surface area (Å²) in [4.78, 5) is 11.3. The molecule has 4 heteroatoms. The maximum Gasteiger partial charge on any atom is 0.337 e. The molecule has 0 heterocycles. The molecule has 0 aliphatic rings. The summed E-state index contributed by atoms with van der Waals surface area (Å²) < 4.78 is 0. The van der Waals surface area contributed by atoms with Crippen LogP contribution in [0.2, 0.25) is 5.02 Å². The van der Waals surface area contributed by atoms with Crippen LogP contribution in [0.15, 0.2) is 30.3 Å². The van der Waals surface area contributed by atoms with Crippen molar-refractivity contribution in [3.05, 3.63) is 52.0 Å². The molecule has 3 nitrogen and oxygen atoms in total. The van der Waals surface area contributed by atoms with Gasteiger partial charge in [0.25, 0.3) is 0 Å². The molecule has 0 bridgehead atoms. The van der Waals surface area contributed by atoms with Crippen molar-refractivity contribution in [2.75, 3.05) is 5.73 Å². The molecule has 0 atom stereocenters. The summed E-state index contributed by atoms with van der Waals surface area (Å²) in [5, 5.41) is 9.92. The van der Waals surface area contributed by atoms with Crippen molar-refractivity contribution in [3.8, 4) is 11.1 Å². The zero-order valence-electron chi connectivity index (χ0n) is 12.1. The maximum atomic E-state index is 11.3. The second-order valence-corrected chi connectivity index (χ2v) is 5.25. The molecule has 3 N–H and O–H groups in total. The molecule has 2 rings (SSSR count). The Balaban J connectivity index is 2.81. The number of hydrogen-bond donors (Lipinski definition) is 2. The minimum absolute atomic E-state index is 0.122. The summed E-state index contributed by atoms with van der Waals surface area (Å²) in [5.41, 5.74) is 10.3. The number of nitrogens with two attached hydrogens (primary N) is 1. The number of carbonyl (C=O) groups is 1. The molecular weight excluding hydrogens is 286 g/mol. The van der Waals surface area contributed by atoms with Gasteiger partial charge in [-0.15, -0.1) is 0 Å². The normalized spacial score (nSPS) is 10.6. The highest BCUT2D eigenvalue weighted by Gasteiger charge is 2.18. The van der Waals surface area contributed by atoms with Gasteiger partial charge < -0.3 is 10.8 Å². The predicted molar refractivity (Wildman–Crippen MR) is 87.0 cm³/mol. The van der Waals surface area contributed by atoms with Crippen LogP contribution in [0.3, 0.4) is 0 Å². The lowest BCUT2D eigenvalue weighted by molar-refractivity contribution is 0.0698. The summed E-state index contributed by atoms with van der Waals surface area (Å²) in [6.45, 7) is 4.09. The Morgan fingerprint density at radius 2 is 1.90 bits per heavy atom. The molecule has 2 aromatic rings. The topological polar surface area (TPSA) is 63.3 Å². The number of benzene rings is 2. The van der Waals surface area contributed by atoms with Gasteiger partial charge in [0.15, 0.2) is 0 Å². The van der Waals surface area contributed by atoms with Crippen LogP contribution in [0.5, 0.6) is 0 Å². The number of aryl methyl sites for hydroxylation is 1. The first-order valence-electron chi connectivity index (χ1n) is 6.93. The van der Waals surface area contributed by atoms with E-state index in [0.717, 1.165) is 35.1 Å². The number of rotatable bonds is 4. The number of aromatic carboxylic acids is 1. The second-order valence-electron chi connectivity index (χ2n) is 4.84. The van der Waals surface area contributed by atoms with Gasteiger partial charge in [0.1, 0.15) is 0 Å². The lowest BCUT2D eigenvalue weighted by Crippen LogP contribution is -2.05. The average molecular weight is 304 g/mol. The number of para-hydroxylation sites is 1. The van der Waals surface area contributed by atoms with Gasteiger partial charge in [0.2, 0.25) is 0 Å². The SMILES string of the molecule is CCc1ccc(Cl)c(CC)c1-c1cccc(C(=O)O)c1N. The molecular formula is C17H18ClNO2. The Bertz CT molecular complexity index is 695. The van der Waals surface area contributed by atoms with Gasteiger partial charge in [0.05, 0.1) is 11.3 Å². The van der Waals surface area contributed by atoms with Crippen molar-refractivity contribution in [2.45, 2.75) is 26.7 Å². The fourth-order valence-corrected chi connectivity index (χ4v) is 2.91. The van der Waals surface area contributed by atoms with Gasteiger partial charge >= 0.3 is 5.97 Å². The maximum absolute atomic E-state index is 11.3. The molecule has 0 amide bonds. The van der Waals surface area contributed by atoms with Crippen LogP contribution in [0.25, 0.3) is 11.1 Å². The number of hydrogen-bond acceptors (Lipinski definition) is 2. The van der Waals surface area contributed by atoms with E-state index in [1.165, 1.54) is 6.07 Å². The van der Waals surface area contributed by atoms with Gasteiger partial charge in [-0.25, -0.2) is 4.79 Å². The van der Waals surface area contributed by atoms with E-state index < -0.39 is 5.97 Å². The molecule has 0 fully saturated rings. The van der Waals surface area contributed by atoms with E-state index in [0.29, 0.717) is 5.02 Å². The van der Waals surface area contributed by atoms with Crippen LogP contribution < -0.4 is 5.73 Å². The first kappa shape index (κ1) is 15.4. The Morgan fingerprint density at radius 3 is 2.48 bits per heavy atom. The highest BCUT2D eigenvalue weighted by molar-refractivity contribution is 6.31. The standard InChI is InChI=1S/C17H18ClNO2/c1-3-10-8-9-14(18)11(4-2)15(10)12-6-5-7-13(16(12)19)17(20)21/h5-9H,3-4,19H2,1-2H3,(H,20,21). The smallest absolute Gasteiger partial charge is 0.337 e. The van der Waals surface area contributed by atoms with Crippen LogP contribution in [0, 0.1) is 0 Å². The Labute approximate surface area is 129 Å². The Hall–Kier alpha value is -2.00. The molecule has 0 aliphatic carbocycles. The van der Waals surface area contributed by atoms with Crippen LogP contribution in [-0.4, -0.2) is 11.1 Å². The van der Waals surface area contributed by atoms with Crippen LogP contribution in [0.1, 0.15) is 35.3 Å². The van der Waals surface area contributed by atoms with Gasteiger partial charge in [0, 0.05) is 10.6 Å². The van der Waals surface area contributed by atoms with E-state index in [-0.39, 0.29) is 11.3 Å². The molecule has 110 valence electrons. The third kappa shape index (κ3) is 2.74. The molecule has 0 radical (unpaired) electrons. The van der Waals surface area contributed by atoms with E-state index in [9.17, 15) is 9.90 Å². The number of halogens is 1. The van der Waals surface area contributed by atoms with Gasteiger partial charge in [-0.2, -0.15) is 0 Å². The zero-order chi connectivity index (χ0) is 15.6. The molecule has 0 saturated heterocycles. The number of nitrogen functional groups attached to an aromatic ring is 1. The minimum atomic E-state index is -1.02. The zero-order valence-corrected chi connectivity index (χ0v) is 12.9. The minimum Gasteiger partial charge on any atom is -0.478 e. The molecule has 0 unspecified atom stereocenters. The monoisotopic (exact) mass is 303 g/mol. The predicted octanol–water partition coefficient (Wildman–Crippen LogP) is 4.41. The second kappa shape index (κ2) is 6.19. The van der Waals surface area contributed by atoms with Gasteiger partial charge in [-0.1, -0.05) is 43.6 Å². The quantitative estimate of drug-likeness (QED) is 0.822. The van der Waals surface area contributed by atoms with Crippen molar-refractivity contribution >= 4 is 23.3 Å². The van der Waals surface area contributed by atoms with Crippen molar-refractivity contribution in [2.24, 2.45) is 0 Å². The third-order valence-electron chi connectivity index (χ3n) is 3.68. The molecule has 0 spiro atoms. The van der Waals surface area contributed by atoms with E-state index in [1.807, 2.05) is 25.1 Å². The first-order valence-corrected chi connectivity index (χ1v) is 7.31. The number of carboxylic acid groups (broad SMARTS) is 1. The Kier molecular flexibility index (Phi) is 4.53. The van der Waals surface area contributed by atoms with Crippen molar-refractivity contribution in [1.29, 1.82) is 0 Å². The van der Waals surface area contributed by atoms with Crippen molar-refractivity contribution in [3.63, 3.8) is 0 Å². The van der Waals surface area contributed by atoms with Crippen molar-refractivity contribution < 1.29 is 9.90 Å².